The number of nitrogens with zero attached hydrogens (tertiary/aromatic N) is 1. The van der Waals surface area contributed by atoms with Crippen LogP contribution in [-0.2, 0) is 0 Å². The van der Waals surface area contributed by atoms with Crippen LogP contribution in [0.1, 0.15) is 53.4 Å². The molecule has 0 bridgehead atoms. The van der Waals surface area contributed by atoms with Gasteiger partial charge in [-0.05, 0) is 44.2 Å². The van der Waals surface area contributed by atoms with Crippen LogP contribution in [0.3, 0.4) is 0 Å². The van der Waals surface area contributed by atoms with Gasteiger partial charge in [0.15, 0.2) is 0 Å². The van der Waals surface area contributed by atoms with E-state index >= 15 is 0 Å². The van der Waals surface area contributed by atoms with Crippen molar-refractivity contribution in [2.45, 2.75) is 59.4 Å². The van der Waals surface area contributed by atoms with E-state index in [4.69, 9.17) is 0 Å². The summed E-state index contributed by atoms with van der Waals surface area (Å²) >= 11 is 0. The summed E-state index contributed by atoms with van der Waals surface area (Å²) < 4.78 is 0. The Balaban J connectivity index is 2.34. The van der Waals surface area contributed by atoms with E-state index in [1.165, 1.54) is 51.9 Å². The maximum atomic E-state index is 3.75. The zero-order valence-electron chi connectivity index (χ0n) is 12.3. The molecule has 2 unspecified atom stereocenters. The van der Waals surface area contributed by atoms with Gasteiger partial charge < -0.3 is 10.2 Å². The molecule has 0 aromatic heterocycles. The van der Waals surface area contributed by atoms with E-state index in [9.17, 15) is 0 Å². The number of rotatable bonds is 10. The van der Waals surface area contributed by atoms with Crippen LogP contribution in [0.2, 0.25) is 0 Å². The van der Waals surface area contributed by atoms with Crippen LogP contribution in [0.5, 0.6) is 0 Å². The summed E-state index contributed by atoms with van der Waals surface area (Å²) in [4.78, 5) is 2.64. The molecule has 1 aliphatic carbocycles. The van der Waals surface area contributed by atoms with Crippen LogP contribution in [0.4, 0.5) is 0 Å². The maximum absolute atomic E-state index is 3.75. The van der Waals surface area contributed by atoms with Gasteiger partial charge in [0, 0.05) is 19.1 Å². The lowest BCUT2D eigenvalue weighted by molar-refractivity contribution is 0.211. The van der Waals surface area contributed by atoms with E-state index < -0.39 is 0 Å². The van der Waals surface area contributed by atoms with Crippen molar-refractivity contribution in [1.82, 2.24) is 10.2 Å². The van der Waals surface area contributed by atoms with E-state index in [-0.39, 0.29) is 0 Å². The zero-order chi connectivity index (χ0) is 12.7. The largest absolute Gasteiger partial charge is 0.312 e. The Hall–Kier alpha value is -0.0800. The van der Waals surface area contributed by atoms with Gasteiger partial charge in [-0.15, -0.1) is 0 Å². The molecule has 1 fully saturated rings. The van der Waals surface area contributed by atoms with Gasteiger partial charge in [0.25, 0.3) is 0 Å². The van der Waals surface area contributed by atoms with Crippen molar-refractivity contribution in [3.63, 3.8) is 0 Å². The van der Waals surface area contributed by atoms with Crippen molar-refractivity contribution in [2.75, 3.05) is 26.2 Å². The molecule has 1 aliphatic rings. The Morgan fingerprint density at radius 3 is 2.35 bits per heavy atom. The predicted molar refractivity (Wildman–Crippen MR) is 76.4 cm³/mol. The van der Waals surface area contributed by atoms with Crippen molar-refractivity contribution in [3.05, 3.63) is 0 Å². The summed E-state index contributed by atoms with van der Waals surface area (Å²) in [6.07, 6.45) is 5.44. The Morgan fingerprint density at radius 2 is 1.88 bits per heavy atom. The Kier molecular flexibility index (Phi) is 7.14. The van der Waals surface area contributed by atoms with Crippen LogP contribution in [0.25, 0.3) is 0 Å². The van der Waals surface area contributed by atoms with Crippen molar-refractivity contribution in [1.29, 1.82) is 0 Å². The topological polar surface area (TPSA) is 15.3 Å². The summed E-state index contributed by atoms with van der Waals surface area (Å²) in [7, 11) is 0. The number of hydrogen-bond donors (Lipinski definition) is 1. The van der Waals surface area contributed by atoms with Crippen molar-refractivity contribution in [3.8, 4) is 0 Å². The summed E-state index contributed by atoms with van der Waals surface area (Å²) in [6.45, 7) is 14.1. The van der Waals surface area contributed by atoms with Crippen LogP contribution >= 0.6 is 0 Å². The van der Waals surface area contributed by atoms with Gasteiger partial charge in [-0.2, -0.15) is 0 Å². The number of likely N-dealkylation sites (N-methyl/N-ethyl adjacent to an activating group) is 1. The minimum Gasteiger partial charge on any atom is -0.312 e. The molecule has 0 aliphatic heterocycles. The second kappa shape index (κ2) is 8.10. The third-order valence-electron chi connectivity index (χ3n) is 4.02. The number of nitrogens with one attached hydrogen (secondary N) is 1. The summed E-state index contributed by atoms with van der Waals surface area (Å²) in [5.74, 6) is 1.80. The first-order valence-electron chi connectivity index (χ1n) is 7.66. The molecule has 1 saturated carbocycles. The molecule has 1 N–H and O–H groups in total. The molecule has 0 heterocycles. The molecule has 1 rings (SSSR count). The molecule has 102 valence electrons. The first kappa shape index (κ1) is 15.0. The highest BCUT2D eigenvalue weighted by Crippen LogP contribution is 2.33. The lowest BCUT2D eigenvalue weighted by atomic mass is 10.1. The van der Waals surface area contributed by atoms with Gasteiger partial charge in [-0.3, -0.25) is 0 Å². The third kappa shape index (κ3) is 5.87. The highest BCUT2D eigenvalue weighted by molar-refractivity contribution is 4.88. The smallest absolute Gasteiger partial charge is 0.0223 e. The third-order valence-corrected chi connectivity index (χ3v) is 4.02. The quantitative estimate of drug-likeness (QED) is 0.631. The van der Waals surface area contributed by atoms with Crippen molar-refractivity contribution in [2.24, 2.45) is 11.8 Å². The average molecular weight is 240 g/mol. The van der Waals surface area contributed by atoms with E-state index in [2.05, 4.69) is 37.9 Å². The van der Waals surface area contributed by atoms with Crippen molar-refractivity contribution < 1.29 is 0 Å². The highest BCUT2D eigenvalue weighted by atomic mass is 15.1. The molecular weight excluding hydrogens is 208 g/mol. The molecule has 2 nitrogen and oxygen atoms in total. The first-order valence-corrected chi connectivity index (χ1v) is 7.66. The zero-order valence-corrected chi connectivity index (χ0v) is 12.3. The summed E-state index contributed by atoms with van der Waals surface area (Å²) in [6, 6.07) is 0.749. The molecule has 0 saturated heterocycles. The lowest BCUT2D eigenvalue weighted by Crippen LogP contribution is -2.44. The second-order valence-corrected chi connectivity index (χ2v) is 5.76. The van der Waals surface area contributed by atoms with Gasteiger partial charge >= 0.3 is 0 Å². The van der Waals surface area contributed by atoms with Crippen LogP contribution in [0, 0.1) is 11.8 Å². The highest BCUT2D eigenvalue weighted by Gasteiger charge is 2.31. The fraction of sp³-hybridized carbons (Fsp3) is 1.00. The molecule has 0 radical (unpaired) electrons. The van der Waals surface area contributed by atoms with Gasteiger partial charge in [0.1, 0.15) is 0 Å². The minimum absolute atomic E-state index is 0.749. The second-order valence-electron chi connectivity index (χ2n) is 5.76. The first-order chi connectivity index (χ1) is 8.21. The molecular formula is C15H32N2. The molecule has 17 heavy (non-hydrogen) atoms. The molecule has 0 aromatic rings. The normalized spacial score (nSPS) is 19.6. The molecule has 2 heteroatoms. The summed E-state index contributed by atoms with van der Waals surface area (Å²) in [5, 5.41) is 3.75. The fourth-order valence-corrected chi connectivity index (χ4v) is 2.39. The minimum atomic E-state index is 0.749. The maximum Gasteiger partial charge on any atom is 0.0223 e. The molecule has 2 atom stereocenters. The molecule has 0 aromatic carbocycles. The van der Waals surface area contributed by atoms with E-state index in [0.29, 0.717) is 0 Å². The van der Waals surface area contributed by atoms with Gasteiger partial charge in [0.05, 0.1) is 0 Å². The van der Waals surface area contributed by atoms with Gasteiger partial charge in [-0.1, -0.05) is 34.1 Å². The standard InChI is InChI=1S/C15H32N2/c1-5-10-16-15(14-8-9-14)12-17(7-3)11-13(4)6-2/h13-16H,5-12H2,1-4H3. The van der Waals surface area contributed by atoms with E-state index in [1.54, 1.807) is 0 Å². The van der Waals surface area contributed by atoms with E-state index in [0.717, 1.165) is 17.9 Å². The SMILES string of the molecule is CCCNC(CN(CC)CC(C)CC)C1CC1. The Labute approximate surface area is 108 Å². The van der Waals surface area contributed by atoms with Crippen molar-refractivity contribution >= 4 is 0 Å². The predicted octanol–water partition coefficient (Wildman–Crippen LogP) is 3.13. The van der Waals surface area contributed by atoms with Crippen LogP contribution in [0.15, 0.2) is 0 Å². The van der Waals surface area contributed by atoms with Crippen LogP contribution < -0.4 is 5.32 Å². The van der Waals surface area contributed by atoms with Gasteiger partial charge in [-0.25, -0.2) is 0 Å². The molecule has 0 spiro atoms. The number of hydrogen-bond acceptors (Lipinski definition) is 2. The van der Waals surface area contributed by atoms with Gasteiger partial charge in [0.2, 0.25) is 0 Å². The Morgan fingerprint density at radius 1 is 1.18 bits per heavy atom. The fourth-order valence-electron chi connectivity index (χ4n) is 2.39. The molecule has 0 amide bonds. The monoisotopic (exact) mass is 240 g/mol. The average Bonchev–Trinajstić information content (AvgIpc) is 3.16. The lowest BCUT2D eigenvalue weighted by Gasteiger charge is -2.29. The Bertz CT molecular complexity index is 189. The van der Waals surface area contributed by atoms with E-state index in [1.807, 2.05) is 0 Å². The van der Waals surface area contributed by atoms with Crippen LogP contribution in [-0.4, -0.2) is 37.1 Å². The summed E-state index contributed by atoms with van der Waals surface area (Å²) in [5.41, 5.74) is 0.